The van der Waals surface area contributed by atoms with E-state index in [1.54, 1.807) is 12.1 Å². The van der Waals surface area contributed by atoms with Crippen LogP contribution in [-0.4, -0.2) is 16.0 Å². The van der Waals surface area contributed by atoms with Gasteiger partial charge in [0.25, 0.3) is 5.91 Å². The Bertz CT molecular complexity index is 1340. The van der Waals surface area contributed by atoms with Gasteiger partial charge in [-0.1, -0.05) is 43.1 Å². The molecule has 0 unspecified atom stereocenters. The largest absolute Gasteiger partial charge is 0.436 e. The second-order valence-electron chi connectivity index (χ2n) is 7.67. The maximum atomic E-state index is 12.4. The molecule has 0 bridgehead atoms. The van der Waals surface area contributed by atoms with Gasteiger partial charge in [0.15, 0.2) is 10.7 Å². The van der Waals surface area contributed by atoms with Gasteiger partial charge in [-0.25, -0.2) is 4.98 Å². The third-order valence-electron chi connectivity index (χ3n) is 5.38. The average molecular weight is 498 g/mol. The molecule has 4 rings (SSSR count). The van der Waals surface area contributed by atoms with Crippen LogP contribution in [-0.2, 0) is 0 Å². The predicted molar refractivity (Wildman–Crippen MR) is 138 cm³/mol. The second kappa shape index (κ2) is 9.91. The van der Waals surface area contributed by atoms with Crippen molar-refractivity contribution >= 4 is 63.2 Å². The first kappa shape index (κ1) is 23.2. The van der Waals surface area contributed by atoms with Crippen molar-refractivity contribution in [2.24, 2.45) is 0 Å². The monoisotopic (exact) mass is 497 g/mol. The molecule has 1 heterocycles. The number of nitrogens with one attached hydrogen (secondary N) is 2. The van der Waals surface area contributed by atoms with E-state index in [0.29, 0.717) is 27.5 Å². The minimum Gasteiger partial charge on any atom is -0.436 e. The molecule has 0 saturated carbocycles. The van der Waals surface area contributed by atoms with Crippen LogP contribution < -0.4 is 10.6 Å². The van der Waals surface area contributed by atoms with E-state index >= 15 is 0 Å². The van der Waals surface area contributed by atoms with Crippen molar-refractivity contribution in [1.29, 1.82) is 0 Å². The molecule has 0 spiro atoms. The molecule has 2 N–H and O–H groups in total. The number of nitrogens with zero attached hydrogens (tertiary/aromatic N) is 1. The molecule has 0 aliphatic rings. The van der Waals surface area contributed by atoms with Crippen LogP contribution in [0.15, 0.2) is 65.1 Å². The zero-order valence-electron chi connectivity index (χ0n) is 18.0. The minimum atomic E-state index is -0.445. The van der Waals surface area contributed by atoms with Crippen LogP contribution in [0.25, 0.3) is 22.6 Å². The molecule has 0 aliphatic heterocycles. The summed E-state index contributed by atoms with van der Waals surface area (Å²) in [6.45, 7) is 4.37. The van der Waals surface area contributed by atoms with E-state index in [9.17, 15) is 4.79 Å². The number of aromatic nitrogens is 1. The van der Waals surface area contributed by atoms with Crippen LogP contribution in [0.4, 0.5) is 5.69 Å². The number of carbonyl (C=O) groups excluding carboxylic acids is 1. The number of carbonyl (C=O) groups is 1. The summed E-state index contributed by atoms with van der Waals surface area (Å²) in [6, 6.07) is 18.2. The highest BCUT2D eigenvalue weighted by Gasteiger charge is 2.14. The number of thiocarbonyl (C=S) groups is 1. The molecule has 5 nitrogen and oxygen atoms in total. The highest BCUT2D eigenvalue weighted by Crippen LogP contribution is 2.28. The van der Waals surface area contributed by atoms with Crippen molar-refractivity contribution < 1.29 is 9.21 Å². The van der Waals surface area contributed by atoms with Gasteiger partial charge in [-0.3, -0.25) is 10.1 Å². The van der Waals surface area contributed by atoms with E-state index in [0.717, 1.165) is 23.1 Å². The summed E-state index contributed by atoms with van der Waals surface area (Å²) in [5, 5.41) is 6.43. The fourth-order valence-corrected chi connectivity index (χ4v) is 3.90. The molecule has 0 fully saturated rings. The molecule has 3 aromatic carbocycles. The molecule has 0 saturated heterocycles. The van der Waals surface area contributed by atoms with Gasteiger partial charge in [0.2, 0.25) is 5.89 Å². The number of amides is 1. The Morgan fingerprint density at radius 2 is 1.85 bits per heavy atom. The van der Waals surface area contributed by atoms with Gasteiger partial charge in [-0.15, -0.1) is 0 Å². The van der Waals surface area contributed by atoms with Gasteiger partial charge < -0.3 is 9.73 Å². The smallest absolute Gasteiger partial charge is 0.258 e. The van der Waals surface area contributed by atoms with Crippen molar-refractivity contribution in [3.63, 3.8) is 0 Å². The van der Waals surface area contributed by atoms with Crippen molar-refractivity contribution in [3.05, 3.63) is 81.8 Å². The van der Waals surface area contributed by atoms with Gasteiger partial charge in [0.05, 0.1) is 10.6 Å². The van der Waals surface area contributed by atoms with Crippen LogP contribution in [0.3, 0.4) is 0 Å². The lowest BCUT2D eigenvalue weighted by molar-refractivity contribution is 0.0978. The third-order valence-corrected chi connectivity index (χ3v) is 6.15. The Morgan fingerprint density at radius 3 is 2.58 bits per heavy atom. The Kier molecular flexibility index (Phi) is 6.98. The predicted octanol–water partition coefficient (Wildman–Crippen LogP) is 7.44. The highest BCUT2D eigenvalue weighted by molar-refractivity contribution is 7.80. The summed E-state index contributed by atoms with van der Waals surface area (Å²) in [5.74, 6) is 0.573. The molecule has 33 heavy (non-hydrogen) atoms. The second-order valence-corrected chi connectivity index (χ2v) is 8.92. The zero-order chi connectivity index (χ0) is 23.5. The first-order chi connectivity index (χ1) is 15.8. The number of fused-ring (bicyclic) bond motifs is 1. The molecule has 4 aromatic rings. The lowest BCUT2D eigenvalue weighted by Crippen LogP contribution is -2.34. The topological polar surface area (TPSA) is 67.2 Å². The zero-order valence-corrected chi connectivity index (χ0v) is 20.3. The van der Waals surface area contributed by atoms with Crippen molar-refractivity contribution in [3.8, 4) is 11.5 Å². The number of hydrogen-bond acceptors (Lipinski definition) is 4. The fraction of sp³-hybridized carbons (Fsp3) is 0.160. The summed E-state index contributed by atoms with van der Waals surface area (Å²) in [5.41, 5.74) is 4.63. The van der Waals surface area contributed by atoms with Gasteiger partial charge in [0.1, 0.15) is 5.52 Å². The molecule has 0 radical (unpaired) electrons. The van der Waals surface area contributed by atoms with Gasteiger partial charge in [0, 0.05) is 16.3 Å². The summed E-state index contributed by atoms with van der Waals surface area (Å²) >= 11 is 17.3. The van der Waals surface area contributed by atoms with Crippen molar-refractivity contribution in [2.45, 2.75) is 26.2 Å². The quantitative estimate of drug-likeness (QED) is 0.280. The highest BCUT2D eigenvalue weighted by atomic mass is 35.5. The van der Waals surface area contributed by atoms with E-state index in [-0.39, 0.29) is 10.7 Å². The summed E-state index contributed by atoms with van der Waals surface area (Å²) in [6.07, 6.45) is 1.07. The lowest BCUT2D eigenvalue weighted by atomic mass is 9.98. The average Bonchev–Trinajstić information content (AvgIpc) is 3.23. The van der Waals surface area contributed by atoms with E-state index in [4.69, 9.17) is 39.8 Å². The maximum Gasteiger partial charge on any atom is 0.258 e. The van der Waals surface area contributed by atoms with Crippen molar-refractivity contribution in [1.82, 2.24) is 10.3 Å². The summed E-state index contributed by atoms with van der Waals surface area (Å²) in [7, 11) is 0. The maximum absolute atomic E-state index is 12.4. The molecule has 8 heteroatoms. The number of halogens is 2. The standard InChI is InChI=1S/C25H21Cl2N3O2S/c1-3-14(2)16-6-11-22-21(12-16)29-24(32-22)15-4-8-18(9-5-15)28-25(33)30-23(31)19-13-17(26)7-10-20(19)27/h4-14H,3H2,1-2H3,(H2,28,30,31,33)/t14-/m0/s1. The minimum absolute atomic E-state index is 0.142. The molecule has 1 aromatic heterocycles. The first-order valence-corrected chi connectivity index (χ1v) is 11.6. The molecular formula is C25H21Cl2N3O2S. The molecule has 1 atom stereocenters. The van der Waals surface area contributed by atoms with E-state index < -0.39 is 5.91 Å². The van der Waals surface area contributed by atoms with E-state index in [1.807, 2.05) is 30.3 Å². The van der Waals surface area contributed by atoms with Crippen molar-refractivity contribution in [2.75, 3.05) is 5.32 Å². The van der Waals surface area contributed by atoms with Gasteiger partial charge in [-0.05, 0) is 84.7 Å². The first-order valence-electron chi connectivity index (χ1n) is 10.4. The summed E-state index contributed by atoms with van der Waals surface area (Å²) in [4.78, 5) is 17.1. The van der Waals surface area contributed by atoms with Gasteiger partial charge >= 0.3 is 0 Å². The Balaban J connectivity index is 1.44. The Morgan fingerprint density at radius 1 is 1.09 bits per heavy atom. The lowest BCUT2D eigenvalue weighted by Gasteiger charge is -2.11. The third kappa shape index (κ3) is 5.36. The number of oxazole rings is 1. The number of rotatable bonds is 5. The Labute approximate surface area is 207 Å². The molecule has 1 amide bonds. The van der Waals surface area contributed by atoms with E-state index in [2.05, 4.69) is 41.6 Å². The Hall–Kier alpha value is -2.93. The summed E-state index contributed by atoms with van der Waals surface area (Å²) < 4.78 is 5.93. The molecular weight excluding hydrogens is 477 g/mol. The van der Waals surface area contributed by atoms with Crippen LogP contribution in [0, 0.1) is 0 Å². The van der Waals surface area contributed by atoms with Crippen LogP contribution in [0.5, 0.6) is 0 Å². The van der Waals surface area contributed by atoms with Crippen LogP contribution in [0.1, 0.15) is 42.1 Å². The molecule has 0 aliphatic carbocycles. The van der Waals surface area contributed by atoms with Gasteiger partial charge in [-0.2, -0.15) is 0 Å². The van der Waals surface area contributed by atoms with E-state index in [1.165, 1.54) is 11.6 Å². The normalized spacial score (nSPS) is 11.9. The number of hydrogen-bond donors (Lipinski definition) is 2. The molecule has 168 valence electrons. The van der Waals surface area contributed by atoms with Crippen LogP contribution >= 0.6 is 35.4 Å². The van der Waals surface area contributed by atoms with Crippen LogP contribution in [0.2, 0.25) is 10.0 Å². The number of benzene rings is 3. The SMILES string of the molecule is CC[C@H](C)c1ccc2oc(-c3ccc(NC(=S)NC(=O)c4cc(Cl)ccc4Cl)cc3)nc2c1. The fourth-order valence-electron chi connectivity index (χ4n) is 3.31. The number of anilines is 1.